The number of ketones is 1. The fraction of sp³-hybridized carbons (Fsp3) is 0.214. The second-order valence-electron chi connectivity index (χ2n) is 4.17. The van der Waals surface area contributed by atoms with Gasteiger partial charge in [0.15, 0.2) is 0 Å². The van der Waals surface area contributed by atoms with Crippen LogP contribution in [0.2, 0.25) is 0 Å². The van der Waals surface area contributed by atoms with Crippen molar-refractivity contribution in [3.05, 3.63) is 59.7 Å². The molecule has 0 saturated heterocycles. The molecule has 0 bridgehead atoms. The highest BCUT2D eigenvalue weighted by atomic mass is 16.1. The first-order valence-corrected chi connectivity index (χ1v) is 5.60. The molecule has 0 aliphatic carbocycles. The smallest absolute Gasteiger partial charge is 0.212 e. The van der Waals surface area contributed by atoms with Crippen molar-refractivity contribution in [2.24, 2.45) is 0 Å². The molecule has 0 amide bonds. The molecule has 0 aliphatic heterocycles. The first-order chi connectivity index (χ1) is 8.18. The zero-order chi connectivity index (χ0) is 12.3. The molecule has 2 rings (SSSR count). The summed E-state index contributed by atoms with van der Waals surface area (Å²) in [5, 5.41) is 0. The van der Waals surface area contributed by atoms with E-state index < -0.39 is 0 Å². The molecule has 17 heavy (non-hydrogen) atoms. The second kappa shape index (κ2) is 4.87. The van der Waals surface area contributed by atoms with Gasteiger partial charge in [-0.2, -0.15) is 0 Å². The highest BCUT2D eigenvalue weighted by Crippen LogP contribution is 2.13. The molecule has 0 N–H and O–H groups in total. The van der Waals surface area contributed by atoms with Crippen molar-refractivity contribution in [2.45, 2.75) is 19.8 Å². The summed E-state index contributed by atoms with van der Waals surface area (Å²) in [6.45, 7) is 4.14. The van der Waals surface area contributed by atoms with E-state index in [1.54, 1.807) is 36.7 Å². The number of carbonyl (C=O) groups excluding carboxylic acids is 1. The molecule has 0 unspecified atom stereocenters. The summed E-state index contributed by atoms with van der Waals surface area (Å²) in [5.74, 6) is 0.280. The van der Waals surface area contributed by atoms with Crippen LogP contribution in [0, 0.1) is 0 Å². The largest absolute Gasteiger partial charge is 0.287 e. The van der Waals surface area contributed by atoms with Crippen LogP contribution < -0.4 is 0 Å². The maximum Gasteiger partial charge on any atom is 0.212 e. The van der Waals surface area contributed by atoms with Gasteiger partial charge in [-0.25, -0.2) is 0 Å². The van der Waals surface area contributed by atoms with Crippen molar-refractivity contribution in [1.29, 1.82) is 0 Å². The number of carbonyl (C=O) groups is 1. The maximum absolute atomic E-state index is 12.0. The molecule has 3 nitrogen and oxygen atoms in total. The minimum atomic E-state index is -0.0894. The van der Waals surface area contributed by atoms with Crippen LogP contribution in [0.15, 0.2) is 42.7 Å². The standard InChI is InChI=1S/C14H14N2O/c1-10(2)12-7-6-11(9-16-12)14(17)13-5-3-4-8-15-13/h3-10H,1-2H3. The molecule has 0 atom stereocenters. The van der Waals surface area contributed by atoms with Crippen LogP contribution in [-0.2, 0) is 0 Å². The Morgan fingerprint density at radius 3 is 2.47 bits per heavy atom. The molecule has 0 radical (unpaired) electrons. The van der Waals surface area contributed by atoms with E-state index in [0.717, 1.165) is 5.69 Å². The van der Waals surface area contributed by atoms with Gasteiger partial charge in [0.2, 0.25) is 5.78 Å². The van der Waals surface area contributed by atoms with Crippen molar-refractivity contribution in [3.63, 3.8) is 0 Å². The van der Waals surface area contributed by atoms with Crippen LogP contribution in [-0.4, -0.2) is 15.8 Å². The quantitative estimate of drug-likeness (QED) is 0.756. The van der Waals surface area contributed by atoms with Gasteiger partial charge in [0, 0.05) is 23.7 Å². The van der Waals surface area contributed by atoms with E-state index in [4.69, 9.17) is 0 Å². The van der Waals surface area contributed by atoms with Crippen molar-refractivity contribution >= 4 is 5.78 Å². The van der Waals surface area contributed by atoms with Crippen molar-refractivity contribution in [2.75, 3.05) is 0 Å². The van der Waals surface area contributed by atoms with Gasteiger partial charge >= 0.3 is 0 Å². The topological polar surface area (TPSA) is 42.9 Å². The van der Waals surface area contributed by atoms with Gasteiger partial charge in [-0.05, 0) is 30.2 Å². The average Bonchev–Trinajstić information content (AvgIpc) is 2.39. The Morgan fingerprint density at radius 2 is 1.94 bits per heavy atom. The molecule has 2 heterocycles. The van der Waals surface area contributed by atoms with Gasteiger partial charge in [0.25, 0.3) is 0 Å². The van der Waals surface area contributed by atoms with Gasteiger partial charge < -0.3 is 0 Å². The Morgan fingerprint density at radius 1 is 1.12 bits per heavy atom. The van der Waals surface area contributed by atoms with E-state index in [1.165, 1.54) is 0 Å². The number of rotatable bonds is 3. The SMILES string of the molecule is CC(C)c1ccc(C(=O)c2ccccn2)cn1. The first-order valence-electron chi connectivity index (χ1n) is 5.60. The number of hydrogen-bond donors (Lipinski definition) is 0. The van der Waals surface area contributed by atoms with Crippen molar-refractivity contribution < 1.29 is 4.79 Å². The lowest BCUT2D eigenvalue weighted by Gasteiger charge is -2.04. The predicted octanol–water partition coefficient (Wildman–Crippen LogP) is 2.83. The zero-order valence-electron chi connectivity index (χ0n) is 9.92. The van der Waals surface area contributed by atoms with E-state index in [9.17, 15) is 4.79 Å². The van der Waals surface area contributed by atoms with E-state index in [2.05, 4.69) is 23.8 Å². The molecular weight excluding hydrogens is 212 g/mol. The maximum atomic E-state index is 12.0. The van der Waals surface area contributed by atoms with Crippen LogP contribution >= 0.6 is 0 Å². The Balaban J connectivity index is 2.27. The molecule has 0 aliphatic rings. The molecule has 0 aromatic carbocycles. The summed E-state index contributed by atoms with van der Waals surface area (Å²) in [7, 11) is 0. The van der Waals surface area contributed by atoms with Gasteiger partial charge in [-0.15, -0.1) is 0 Å². The Bertz CT molecular complexity index is 504. The van der Waals surface area contributed by atoms with Crippen LogP contribution in [0.25, 0.3) is 0 Å². The molecular formula is C14H14N2O. The van der Waals surface area contributed by atoms with E-state index in [0.29, 0.717) is 17.2 Å². The summed E-state index contributed by atoms with van der Waals surface area (Å²) in [6, 6.07) is 8.99. The zero-order valence-corrected chi connectivity index (χ0v) is 9.92. The van der Waals surface area contributed by atoms with Gasteiger partial charge in [0.1, 0.15) is 5.69 Å². The van der Waals surface area contributed by atoms with Gasteiger partial charge in [-0.1, -0.05) is 19.9 Å². The third kappa shape index (κ3) is 2.56. The number of pyridine rings is 2. The van der Waals surface area contributed by atoms with Crippen LogP contribution in [0.3, 0.4) is 0 Å². The molecule has 86 valence electrons. The monoisotopic (exact) mass is 226 g/mol. The lowest BCUT2D eigenvalue weighted by Crippen LogP contribution is -2.05. The number of hydrogen-bond acceptors (Lipinski definition) is 3. The predicted molar refractivity (Wildman–Crippen MR) is 66.0 cm³/mol. The van der Waals surface area contributed by atoms with Crippen LogP contribution in [0.5, 0.6) is 0 Å². The average molecular weight is 226 g/mol. The third-order valence-corrected chi connectivity index (χ3v) is 2.54. The lowest BCUT2D eigenvalue weighted by atomic mass is 10.1. The highest BCUT2D eigenvalue weighted by molar-refractivity contribution is 6.07. The van der Waals surface area contributed by atoms with E-state index in [1.807, 2.05) is 6.07 Å². The fourth-order valence-corrected chi connectivity index (χ4v) is 1.53. The van der Waals surface area contributed by atoms with Crippen LogP contribution in [0.4, 0.5) is 0 Å². The fourth-order valence-electron chi connectivity index (χ4n) is 1.53. The van der Waals surface area contributed by atoms with Gasteiger partial charge in [0.05, 0.1) is 0 Å². The summed E-state index contributed by atoms with van der Waals surface area (Å²) < 4.78 is 0. The summed E-state index contributed by atoms with van der Waals surface area (Å²) in [6.07, 6.45) is 3.23. The molecule has 0 saturated carbocycles. The minimum absolute atomic E-state index is 0.0894. The summed E-state index contributed by atoms with van der Waals surface area (Å²) in [5.41, 5.74) is 2.02. The van der Waals surface area contributed by atoms with Crippen molar-refractivity contribution in [3.8, 4) is 0 Å². The Labute approximate surface area is 101 Å². The first kappa shape index (κ1) is 11.5. The lowest BCUT2D eigenvalue weighted by molar-refractivity contribution is 0.103. The number of aromatic nitrogens is 2. The molecule has 0 spiro atoms. The van der Waals surface area contributed by atoms with E-state index >= 15 is 0 Å². The van der Waals surface area contributed by atoms with Crippen LogP contribution in [0.1, 0.15) is 41.5 Å². The number of nitrogens with zero attached hydrogens (tertiary/aromatic N) is 2. The summed E-state index contributed by atoms with van der Waals surface area (Å²) >= 11 is 0. The molecule has 2 aromatic heterocycles. The van der Waals surface area contributed by atoms with Crippen molar-refractivity contribution in [1.82, 2.24) is 9.97 Å². The third-order valence-electron chi connectivity index (χ3n) is 2.54. The minimum Gasteiger partial charge on any atom is -0.287 e. The summed E-state index contributed by atoms with van der Waals surface area (Å²) in [4.78, 5) is 20.3. The van der Waals surface area contributed by atoms with E-state index in [-0.39, 0.29) is 5.78 Å². The molecule has 2 aromatic rings. The highest BCUT2D eigenvalue weighted by Gasteiger charge is 2.10. The Hall–Kier alpha value is -2.03. The molecule has 3 heteroatoms. The second-order valence-corrected chi connectivity index (χ2v) is 4.17. The molecule has 0 fully saturated rings. The Kier molecular flexibility index (Phi) is 3.28. The van der Waals surface area contributed by atoms with Gasteiger partial charge in [-0.3, -0.25) is 14.8 Å². The normalized spacial score (nSPS) is 10.5.